The van der Waals surface area contributed by atoms with Crippen molar-refractivity contribution in [2.75, 3.05) is 6.79 Å². The number of hydrogen-bond donors (Lipinski definition) is 0. The predicted octanol–water partition coefficient (Wildman–Crippen LogP) is 3.47. The summed E-state index contributed by atoms with van der Waals surface area (Å²) in [7, 11) is 1.98. The molecule has 7 heteroatoms. The minimum Gasteiger partial charge on any atom is -0.467 e. The Morgan fingerprint density at radius 3 is 2.97 bits per heavy atom. The van der Waals surface area contributed by atoms with E-state index in [4.69, 9.17) is 13.9 Å². The molecule has 3 heterocycles. The van der Waals surface area contributed by atoms with Crippen molar-refractivity contribution in [1.29, 1.82) is 0 Å². The molecule has 1 amide bonds. The molecule has 30 heavy (non-hydrogen) atoms. The number of amides is 1. The molecule has 0 saturated heterocycles. The van der Waals surface area contributed by atoms with Crippen LogP contribution in [0.3, 0.4) is 0 Å². The molecule has 0 bridgehead atoms. The maximum atomic E-state index is 13.1. The SMILES string of the molecule is Cn1nc(CN(Cc2ccco2)C(=O)/C=C/c2ccc3c(c2)OCO3)c2c1CCC2. The first kappa shape index (κ1) is 18.5. The quantitative estimate of drug-likeness (QED) is 0.588. The molecular weight excluding hydrogens is 382 g/mol. The van der Waals surface area contributed by atoms with Crippen LogP contribution in [-0.2, 0) is 37.8 Å². The second-order valence-corrected chi connectivity index (χ2v) is 7.57. The van der Waals surface area contributed by atoms with Gasteiger partial charge in [0, 0.05) is 18.8 Å². The number of rotatable bonds is 6. The number of fused-ring (bicyclic) bond motifs is 2. The summed E-state index contributed by atoms with van der Waals surface area (Å²) >= 11 is 0. The molecule has 0 N–H and O–H groups in total. The van der Waals surface area contributed by atoms with Crippen molar-refractivity contribution < 1.29 is 18.7 Å². The smallest absolute Gasteiger partial charge is 0.247 e. The molecule has 2 aliphatic rings. The molecule has 5 rings (SSSR count). The lowest BCUT2D eigenvalue weighted by Gasteiger charge is -2.19. The Kier molecular flexibility index (Phi) is 4.78. The number of carbonyl (C=O) groups is 1. The molecule has 0 saturated carbocycles. The van der Waals surface area contributed by atoms with E-state index < -0.39 is 0 Å². The highest BCUT2D eigenvalue weighted by Crippen LogP contribution is 2.33. The fourth-order valence-corrected chi connectivity index (χ4v) is 4.10. The van der Waals surface area contributed by atoms with Crippen molar-refractivity contribution in [3.05, 3.63) is 70.9 Å². The van der Waals surface area contributed by atoms with Gasteiger partial charge in [-0.25, -0.2) is 0 Å². The van der Waals surface area contributed by atoms with E-state index in [1.807, 2.05) is 42.1 Å². The highest BCUT2D eigenvalue weighted by atomic mass is 16.7. The van der Waals surface area contributed by atoms with Crippen LogP contribution in [0.2, 0.25) is 0 Å². The summed E-state index contributed by atoms with van der Waals surface area (Å²) in [6.45, 7) is 1.07. The van der Waals surface area contributed by atoms with E-state index >= 15 is 0 Å². The fraction of sp³-hybridized carbons (Fsp3) is 0.304. The first-order chi connectivity index (χ1) is 14.7. The van der Waals surface area contributed by atoms with Gasteiger partial charge in [0.05, 0.1) is 25.0 Å². The van der Waals surface area contributed by atoms with Gasteiger partial charge in [-0.2, -0.15) is 5.10 Å². The van der Waals surface area contributed by atoms with Gasteiger partial charge in [0.2, 0.25) is 12.7 Å². The average Bonchev–Trinajstić information content (AvgIpc) is 3.53. The number of benzene rings is 1. The van der Waals surface area contributed by atoms with Crippen molar-refractivity contribution in [1.82, 2.24) is 14.7 Å². The monoisotopic (exact) mass is 405 g/mol. The van der Waals surface area contributed by atoms with E-state index in [1.54, 1.807) is 23.3 Å². The Bertz CT molecular complexity index is 1100. The topological polar surface area (TPSA) is 69.7 Å². The highest BCUT2D eigenvalue weighted by molar-refractivity contribution is 5.91. The van der Waals surface area contributed by atoms with Crippen LogP contribution in [0.4, 0.5) is 0 Å². The summed E-state index contributed by atoms with van der Waals surface area (Å²) in [6.07, 6.45) is 8.22. The lowest BCUT2D eigenvalue weighted by Crippen LogP contribution is -2.29. The van der Waals surface area contributed by atoms with E-state index in [1.165, 1.54) is 11.3 Å². The Morgan fingerprint density at radius 1 is 1.20 bits per heavy atom. The molecule has 0 atom stereocenters. The third-order valence-electron chi connectivity index (χ3n) is 5.59. The van der Waals surface area contributed by atoms with Gasteiger partial charge in [-0.3, -0.25) is 9.48 Å². The normalized spacial score (nSPS) is 14.4. The van der Waals surface area contributed by atoms with Crippen LogP contribution in [0.15, 0.2) is 47.1 Å². The summed E-state index contributed by atoms with van der Waals surface area (Å²) in [5, 5.41) is 4.68. The van der Waals surface area contributed by atoms with Crippen LogP contribution < -0.4 is 9.47 Å². The molecule has 154 valence electrons. The third kappa shape index (κ3) is 3.58. The van der Waals surface area contributed by atoms with Crippen LogP contribution in [0.1, 0.15) is 34.7 Å². The molecular formula is C23H23N3O4. The van der Waals surface area contributed by atoms with Gasteiger partial charge in [0.25, 0.3) is 0 Å². The molecule has 0 fully saturated rings. The number of nitrogens with zero attached hydrogens (tertiary/aromatic N) is 3. The van der Waals surface area contributed by atoms with Gasteiger partial charge in [-0.15, -0.1) is 0 Å². The van der Waals surface area contributed by atoms with Crippen LogP contribution in [-0.4, -0.2) is 27.4 Å². The zero-order valence-electron chi connectivity index (χ0n) is 16.8. The van der Waals surface area contributed by atoms with Crippen molar-refractivity contribution in [2.45, 2.75) is 32.4 Å². The molecule has 1 aliphatic carbocycles. The fourth-order valence-electron chi connectivity index (χ4n) is 4.10. The lowest BCUT2D eigenvalue weighted by molar-refractivity contribution is -0.127. The highest BCUT2D eigenvalue weighted by Gasteiger charge is 2.24. The number of aryl methyl sites for hydroxylation is 1. The number of furan rings is 1. The number of carbonyl (C=O) groups excluding carboxylic acids is 1. The summed E-state index contributed by atoms with van der Waals surface area (Å²) in [5.74, 6) is 2.07. The summed E-state index contributed by atoms with van der Waals surface area (Å²) in [5.41, 5.74) is 4.42. The Hall–Kier alpha value is -3.48. The van der Waals surface area contributed by atoms with Crippen LogP contribution in [0.5, 0.6) is 11.5 Å². The molecule has 1 aromatic carbocycles. The zero-order chi connectivity index (χ0) is 20.5. The van der Waals surface area contributed by atoms with Gasteiger partial charge < -0.3 is 18.8 Å². The summed E-state index contributed by atoms with van der Waals surface area (Å²) in [4.78, 5) is 14.9. The predicted molar refractivity (Wildman–Crippen MR) is 110 cm³/mol. The van der Waals surface area contributed by atoms with E-state index in [2.05, 4.69) is 5.10 Å². The van der Waals surface area contributed by atoms with Gasteiger partial charge in [0.15, 0.2) is 11.5 Å². The second-order valence-electron chi connectivity index (χ2n) is 7.57. The standard InChI is InChI=1S/C23H23N3O4/c1-25-20-6-2-5-18(20)19(24-25)14-26(13-17-4-3-11-28-17)23(27)10-8-16-7-9-21-22(12-16)30-15-29-21/h3-4,7-12H,2,5-6,13-15H2,1H3/b10-8+. The van der Waals surface area contributed by atoms with Crippen molar-refractivity contribution in [3.8, 4) is 11.5 Å². The molecule has 2 aromatic heterocycles. The van der Waals surface area contributed by atoms with E-state index in [9.17, 15) is 4.79 Å². The third-order valence-corrected chi connectivity index (χ3v) is 5.59. The lowest BCUT2D eigenvalue weighted by atomic mass is 10.1. The Morgan fingerprint density at radius 2 is 2.10 bits per heavy atom. The Balaban J connectivity index is 1.37. The Labute approximate surface area is 174 Å². The van der Waals surface area contributed by atoms with Crippen molar-refractivity contribution >= 4 is 12.0 Å². The van der Waals surface area contributed by atoms with Crippen LogP contribution >= 0.6 is 0 Å². The maximum Gasteiger partial charge on any atom is 0.247 e. The van der Waals surface area contributed by atoms with Crippen molar-refractivity contribution in [2.24, 2.45) is 7.05 Å². The van der Waals surface area contributed by atoms with Crippen LogP contribution in [0.25, 0.3) is 6.08 Å². The van der Waals surface area contributed by atoms with E-state index in [0.29, 0.717) is 18.8 Å². The number of ether oxygens (including phenoxy) is 2. The van der Waals surface area contributed by atoms with Crippen LogP contribution in [0, 0.1) is 0 Å². The molecule has 0 unspecified atom stereocenters. The van der Waals surface area contributed by atoms with Gasteiger partial charge in [-0.05, 0) is 60.7 Å². The molecule has 7 nitrogen and oxygen atoms in total. The molecule has 0 spiro atoms. The van der Waals surface area contributed by atoms with Crippen molar-refractivity contribution in [3.63, 3.8) is 0 Å². The van der Waals surface area contributed by atoms with E-state index in [0.717, 1.165) is 42.0 Å². The number of aromatic nitrogens is 2. The molecule has 0 radical (unpaired) electrons. The minimum atomic E-state index is -0.0959. The largest absolute Gasteiger partial charge is 0.467 e. The summed E-state index contributed by atoms with van der Waals surface area (Å²) < 4.78 is 18.2. The second kappa shape index (κ2) is 7.74. The first-order valence-electron chi connectivity index (χ1n) is 10.1. The van der Waals surface area contributed by atoms with Gasteiger partial charge in [0.1, 0.15) is 5.76 Å². The average molecular weight is 405 g/mol. The zero-order valence-corrected chi connectivity index (χ0v) is 16.8. The summed E-state index contributed by atoms with van der Waals surface area (Å²) in [6, 6.07) is 9.34. The van der Waals surface area contributed by atoms with Gasteiger partial charge in [-0.1, -0.05) is 6.07 Å². The first-order valence-corrected chi connectivity index (χ1v) is 10.1. The van der Waals surface area contributed by atoms with Gasteiger partial charge >= 0.3 is 0 Å². The molecule has 3 aromatic rings. The minimum absolute atomic E-state index is 0.0959. The molecule has 1 aliphatic heterocycles. The number of hydrogen-bond acceptors (Lipinski definition) is 5. The maximum absolute atomic E-state index is 13.1. The van der Waals surface area contributed by atoms with E-state index in [-0.39, 0.29) is 12.7 Å².